The van der Waals surface area contributed by atoms with Crippen LogP contribution in [0.1, 0.15) is 18.5 Å². The zero-order chi connectivity index (χ0) is 18.3. The van der Waals surface area contributed by atoms with Crippen LogP contribution in [0.3, 0.4) is 0 Å². The minimum absolute atomic E-state index is 0.112. The van der Waals surface area contributed by atoms with Crippen molar-refractivity contribution in [3.05, 3.63) is 65.4 Å². The summed E-state index contributed by atoms with van der Waals surface area (Å²) in [5.41, 5.74) is 4.33. The smallest absolute Gasteiger partial charge is 0.251 e. The predicted molar refractivity (Wildman–Crippen MR) is 101 cm³/mol. The van der Waals surface area contributed by atoms with Crippen molar-refractivity contribution >= 4 is 22.9 Å². The molecule has 1 amide bonds. The van der Waals surface area contributed by atoms with Crippen LogP contribution in [0, 0.1) is 0 Å². The van der Waals surface area contributed by atoms with Crippen molar-refractivity contribution < 1.29 is 9.53 Å². The van der Waals surface area contributed by atoms with Crippen molar-refractivity contribution in [2.45, 2.75) is 13.0 Å². The second-order valence-electron chi connectivity index (χ2n) is 6.21. The summed E-state index contributed by atoms with van der Waals surface area (Å²) in [5.74, 6) is 1.40. The molecule has 0 aliphatic carbocycles. The molecule has 2 aromatic carbocycles. The van der Waals surface area contributed by atoms with Crippen LogP contribution in [0.5, 0.6) is 5.75 Å². The highest BCUT2D eigenvalue weighted by atomic mass is 16.5. The van der Waals surface area contributed by atoms with Crippen LogP contribution in [0.2, 0.25) is 0 Å². The summed E-state index contributed by atoms with van der Waals surface area (Å²) in [7, 11) is 3.29. The number of para-hydroxylation sites is 2. The fraction of sp³-hybridized carbons (Fsp3) is 0.200. The highest BCUT2D eigenvalue weighted by Gasteiger charge is 2.33. The maximum Gasteiger partial charge on any atom is 0.251 e. The van der Waals surface area contributed by atoms with E-state index in [1.807, 2.05) is 55.5 Å². The SMILES string of the molecule is CNC(=O)C1=C(C)Nc2nc3ccccc3n2[C@@H]1c1ccc(OC)cc1. The number of amides is 1. The number of likely N-dealkylation sites (N-methyl/N-ethyl adjacent to an activating group) is 1. The molecule has 1 aromatic heterocycles. The Bertz CT molecular complexity index is 1020. The number of hydrogen-bond donors (Lipinski definition) is 2. The zero-order valence-corrected chi connectivity index (χ0v) is 14.9. The average molecular weight is 348 g/mol. The molecule has 3 aromatic rings. The van der Waals surface area contributed by atoms with E-state index in [2.05, 4.69) is 15.2 Å². The van der Waals surface area contributed by atoms with Crippen molar-refractivity contribution in [3.8, 4) is 5.75 Å². The number of methoxy groups -OCH3 is 1. The van der Waals surface area contributed by atoms with Crippen LogP contribution in [0.4, 0.5) is 5.95 Å². The first-order chi connectivity index (χ1) is 12.6. The summed E-state index contributed by atoms with van der Waals surface area (Å²) in [6.07, 6.45) is 0. The molecule has 0 bridgehead atoms. The predicted octanol–water partition coefficient (Wildman–Crippen LogP) is 3.08. The van der Waals surface area contributed by atoms with Crippen molar-refractivity contribution in [3.63, 3.8) is 0 Å². The maximum atomic E-state index is 12.7. The average Bonchev–Trinajstić information content (AvgIpc) is 3.04. The number of imidazole rings is 1. The largest absolute Gasteiger partial charge is 0.497 e. The van der Waals surface area contributed by atoms with Crippen molar-refractivity contribution in [2.24, 2.45) is 0 Å². The summed E-state index contributed by atoms with van der Waals surface area (Å²) < 4.78 is 7.35. The number of carbonyl (C=O) groups is 1. The summed E-state index contributed by atoms with van der Waals surface area (Å²) in [4.78, 5) is 17.4. The lowest BCUT2D eigenvalue weighted by Gasteiger charge is -2.30. The molecule has 2 N–H and O–H groups in total. The van der Waals surface area contributed by atoms with Crippen LogP contribution in [0.25, 0.3) is 11.0 Å². The van der Waals surface area contributed by atoms with Crippen LogP contribution in [-0.2, 0) is 4.79 Å². The van der Waals surface area contributed by atoms with Gasteiger partial charge in [0, 0.05) is 12.7 Å². The number of rotatable bonds is 3. The zero-order valence-electron chi connectivity index (χ0n) is 14.9. The molecule has 6 nitrogen and oxygen atoms in total. The van der Waals surface area contributed by atoms with Gasteiger partial charge in [0.25, 0.3) is 5.91 Å². The number of benzene rings is 2. The van der Waals surface area contributed by atoms with E-state index in [9.17, 15) is 4.79 Å². The Morgan fingerprint density at radius 2 is 1.92 bits per heavy atom. The van der Waals surface area contributed by atoms with E-state index in [1.165, 1.54) is 0 Å². The van der Waals surface area contributed by atoms with Crippen molar-refractivity contribution in [1.82, 2.24) is 14.9 Å². The van der Waals surface area contributed by atoms with Gasteiger partial charge in [0.2, 0.25) is 5.95 Å². The molecule has 1 atom stereocenters. The Balaban J connectivity index is 1.97. The van der Waals surface area contributed by atoms with Gasteiger partial charge in [0.1, 0.15) is 5.75 Å². The second kappa shape index (κ2) is 6.22. The maximum absolute atomic E-state index is 12.7. The Kier molecular flexibility index (Phi) is 3.88. The van der Waals surface area contributed by atoms with E-state index in [1.54, 1.807) is 14.2 Å². The topological polar surface area (TPSA) is 68.2 Å². The van der Waals surface area contributed by atoms with Gasteiger partial charge in [0.15, 0.2) is 0 Å². The number of ether oxygens (including phenoxy) is 1. The molecule has 0 radical (unpaired) electrons. The number of nitrogens with one attached hydrogen (secondary N) is 2. The van der Waals surface area contributed by atoms with Gasteiger partial charge in [-0.05, 0) is 36.8 Å². The minimum atomic E-state index is -0.274. The van der Waals surface area contributed by atoms with Crippen molar-refractivity contribution in [2.75, 3.05) is 19.5 Å². The third-order valence-electron chi connectivity index (χ3n) is 4.73. The molecule has 0 saturated heterocycles. The van der Waals surface area contributed by atoms with E-state index in [4.69, 9.17) is 9.72 Å². The normalized spacial score (nSPS) is 16.2. The van der Waals surface area contributed by atoms with E-state index in [0.717, 1.165) is 34.0 Å². The number of hydrogen-bond acceptors (Lipinski definition) is 4. The van der Waals surface area contributed by atoms with Crippen LogP contribution in [-0.4, -0.2) is 29.6 Å². The Hall–Kier alpha value is -3.28. The molecule has 0 saturated carbocycles. The highest BCUT2D eigenvalue weighted by molar-refractivity contribution is 5.97. The van der Waals surface area contributed by atoms with E-state index < -0.39 is 0 Å². The molecule has 0 unspecified atom stereocenters. The Morgan fingerprint density at radius 3 is 2.62 bits per heavy atom. The van der Waals surface area contributed by atoms with Gasteiger partial charge in [-0.25, -0.2) is 4.98 Å². The summed E-state index contributed by atoms with van der Waals surface area (Å²) >= 11 is 0. The first-order valence-electron chi connectivity index (χ1n) is 8.45. The highest BCUT2D eigenvalue weighted by Crippen LogP contribution is 2.39. The van der Waals surface area contributed by atoms with Gasteiger partial charge in [-0.1, -0.05) is 24.3 Å². The number of aromatic nitrogens is 2. The van der Waals surface area contributed by atoms with E-state index >= 15 is 0 Å². The molecular formula is C20H20N4O2. The monoisotopic (exact) mass is 348 g/mol. The second-order valence-corrected chi connectivity index (χ2v) is 6.21. The van der Waals surface area contributed by atoms with Crippen LogP contribution in [0.15, 0.2) is 59.8 Å². The molecule has 0 fully saturated rings. The minimum Gasteiger partial charge on any atom is -0.497 e. The molecule has 2 heterocycles. The van der Waals surface area contributed by atoms with Gasteiger partial charge < -0.3 is 15.4 Å². The quantitative estimate of drug-likeness (QED) is 0.763. The van der Waals surface area contributed by atoms with E-state index in [-0.39, 0.29) is 11.9 Å². The number of anilines is 1. The first-order valence-corrected chi connectivity index (χ1v) is 8.45. The third kappa shape index (κ3) is 2.42. The fourth-order valence-electron chi connectivity index (χ4n) is 3.49. The van der Waals surface area contributed by atoms with Gasteiger partial charge in [-0.15, -0.1) is 0 Å². The lowest BCUT2D eigenvalue weighted by Crippen LogP contribution is -2.33. The number of fused-ring (bicyclic) bond motifs is 3. The summed E-state index contributed by atoms with van der Waals surface area (Å²) in [5, 5.41) is 6.05. The van der Waals surface area contributed by atoms with Gasteiger partial charge >= 0.3 is 0 Å². The molecule has 132 valence electrons. The number of nitrogens with zero attached hydrogens (tertiary/aromatic N) is 2. The molecule has 26 heavy (non-hydrogen) atoms. The molecule has 4 rings (SSSR count). The van der Waals surface area contributed by atoms with Crippen LogP contribution < -0.4 is 15.4 Å². The Morgan fingerprint density at radius 1 is 1.19 bits per heavy atom. The van der Waals surface area contributed by atoms with Crippen molar-refractivity contribution in [1.29, 1.82) is 0 Å². The summed E-state index contributed by atoms with van der Waals surface area (Å²) in [6, 6.07) is 15.5. The molecular weight excluding hydrogens is 328 g/mol. The summed E-state index contributed by atoms with van der Waals surface area (Å²) in [6.45, 7) is 1.91. The third-order valence-corrected chi connectivity index (χ3v) is 4.73. The molecule has 6 heteroatoms. The Labute approximate surface area is 151 Å². The molecule has 0 spiro atoms. The lowest BCUT2D eigenvalue weighted by molar-refractivity contribution is -0.117. The van der Waals surface area contributed by atoms with Gasteiger partial charge in [-0.3, -0.25) is 9.36 Å². The van der Waals surface area contributed by atoms with Gasteiger partial charge in [0.05, 0.1) is 29.8 Å². The van der Waals surface area contributed by atoms with E-state index in [0.29, 0.717) is 5.57 Å². The number of allylic oxidation sites excluding steroid dienone is 1. The standard InChI is InChI=1S/C20H20N4O2/c1-12-17(19(25)21-2)18(13-8-10-14(26-3)11-9-13)24-16-7-5-4-6-15(16)23-20(24)22-12/h4-11,18H,1-3H3,(H,21,25)(H,22,23)/t18-/m1/s1. The number of carbonyl (C=O) groups excluding carboxylic acids is 1. The first kappa shape index (κ1) is 16.2. The molecule has 1 aliphatic heterocycles. The fourth-order valence-corrected chi connectivity index (χ4v) is 3.49. The van der Waals surface area contributed by atoms with Crippen LogP contribution >= 0.6 is 0 Å². The molecule has 1 aliphatic rings. The lowest BCUT2D eigenvalue weighted by atomic mass is 9.94. The van der Waals surface area contributed by atoms with Gasteiger partial charge in [-0.2, -0.15) is 0 Å².